The number of rotatable bonds is 2. The lowest BCUT2D eigenvalue weighted by Gasteiger charge is -2.27. The summed E-state index contributed by atoms with van der Waals surface area (Å²) < 4.78 is 13.6. The van der Waals surface area contributed by atoms with E-state index in [1.165, 1.54) is 37.7 Å². The Morgan fingerprint density at radius 1 is 1.06 bits per heavy atom. The Bertz CT molecular complexity index is 396. The summed E-state index contributed by atoms with van der Waals surface area (Å²) in [6, 6.07) is 6.56. The highest BCUT2D eigenvalue weighted by molar-refractivity contribution is 5.35. The first-order chi connectivity index (χ1) is 8.34. The van der Waals surface area contributed by atoms with Crippen LogP contribution in [0.1, 0.15) is 55.7 Å². The largest absolute Gasteiger partial charge is 0.307 e. The third kappa shape index (κ3) is 2.23. The summed E-state index contributed by atoms with van der Waals surface area (Å²) in [7, 11) is 0. The van der Waals surface area contributed by atoms with Crippen molar-refractivity contribution in [2.75, 3.05) is 0 Å². The molecule has 2 aliphatic rings. The zero-order chi connectivity index (χ0) is 11.7. The van der Waals surface area contributed by atoms with Gasteiger partial charge in [-0.3, -0.25) is 0 Å². The highest BCUT2D eigenvalue weighted by Gasteiger charge is 2.27. The van der Waals surface area contributed by atoms with Gasteiger partial charge in [0.05, 0.1) is 0 Å². The number of hydrogen-bond donors (Lipinski definition) is 1. The molecule has 0 spiro atoms. The Morgan fingerprint density at radius 3 is 2.71 bits per heavy atom. The van der Waals surface area contributed by atoms with Crippen molar-refractivity contribution in [2.45, 2.75) is 57.0 Å². The van der Waals surface area contributed by atoms with E-state index >= 15 is 0 Å². The van der Waals surface area contributed by atoms with Crippen molar-refractivity contribution in [3.63, 3.8) is 0 Å². The first-order valence-corrected chi connectivity index (χ1v) is 6.88. The third-order valence-electron chi connectivity index (χ3n) is 4.26. The molecule has 0 radical (unpaired) electrons. The molecule has 1 atom stereocenters. The molecule has 2 heteroatoms. The second kappa shape index (κ2) is 4.77. The molecule has 3 rings (SSSR count). The Kier molecular flexibility index (Phi) is 3.15. The molecule has 0 bridgehead atoms. The molecule has 1 fully saturated rings. The van der Waals surface area contributed by atoms with E-state index in [0.717, 1.165) is 18.4 Å². The van der Waals surface area contributed by atoms with Crippen LogP contribution >= 0.6 is 0 Å². The third-order valence-corrected chi connectivity index (χ3v) is 4.26. The van der Waals surface area contributed by atoms with Crippen LogP contribution in [0.4, 0.5) is 4.39 Å². The van der Waals surface area contributed by atoms with Crippen molar-refractivity contribution in [3.05, 3.63) is 35.1 Å². The molecule has 2 aliphatic carbocycles. The van der Waals surface area contributed by atoms with Gasteiger partial charge >= 0.3 is 0 Å². The average molecular weight is 233 g/mol. The maximum Gasteiger partial charge on any atom is 0.126 e. The summed E-state index contributed by atoms with van der Waals surface area (Å²) in [5.41, 5.74) is 2.15. The Balaban J connectivity index is 1.72. The minimum Gasteiger partial charge on any atom is -0.307 e. The molecule has 0 heterocycles. The Morgan fingerprint density at radius 2 is 1.88 bits per heavy atom. The lowest BCUT2D eigenvalue weighted by molar-refractivity contribution is 0.337. The normalized spacial score (nSPS) is 24.9. The standard InChI is InChI=1S/C15H20FN/c16-14-8-4-7-13-12(14)9-10-15(13)17-11-5-2-1-3-6-11/h4,7-8,11,15,17H,1-3,5-6,9-10H2. The lowest BCUT2D eigenvalue weighted by atomic mass is 9.94. The Labute approximate surface area is 102 Å². The van der Waals surface area contributed by atoms with Gasteiger partial charge in [0, 0.05) is 12.1 Å². The van der Waals surface area contributed by atoms with Gasteiger partial charge < -0.3 is 5.32 Å². The van der Waals surface area contributed by atoms with Gasteiger partial charge in [0.25, 0.3) is 0 Å². The number of hydrogen-bond acceptors (Lipinski definition) is 1. The van der Waals surface area contributed by atoms with E-state index < -0.39 is 0 Å². The number of nitrogens with one attached hydrogen (secondary N) is 1. The van der Waals surface area contributed by atoms with E-state index in [-0.39, 0.29) is 5.82 Å². The zero-order valence-corrected chi connectivity index (χ0v) is 10.2. The highest BCUT2D eigenvalue weighted by atomic mass is 19.1. The number of halogens is 1. The van der Waals surface area contributed by atoms with Gasteiger partial charge in [0.2, 0.25) is 0 Å². The molecule has 0 aliphatic heterocycles. The van der Waals surface area contributed by atoms with Crippen molar-refractivity contribution < 1.29 is 4.39 Å². The van der Waals surface area contributed by atoms with Crippen LogP contribution in [0.25, 0.3) is 0 Å². The first kappa shape index (κ1) is 11.2. The summed E-state index contributed by atoms with van der Waals surface area (Å²) in [4.78, 5) is 0. The summed E-state index contributed by atoms with van der Waals surface area (Å²) in [5.74, 6) is -0.0181. The molecule has 1 N–H and O–H groups in total. The highest BCUT2D eigenvalue weighted by Crippen LogP contribution is 2.34. The molecule has 1 aromatic rings. The van der Waals surface area contributed by atoms with Crippen LogP contribution < -0.4 is 5.32 Å². The molecule has 1 aromatic carbocycles. The van der Waals surface area contributed by atoms with Crippen molar-refractivity contribution >= 4 is 0 Å². The second-order valence-corrected chi connectivity index (χ2v) is 5.40. The number of benzene rings is 1. The maximum absolute atomic E-state index is 13.6. The van der Waals surface area contributed by atoms with E-state index in [1.54, 1.807) is 6.07 Å². The first-order valence-electron chi connectivity index (χ1n) is 6.88. The van der Waals surface area contributed by atoms with Crippen LogP contribution in [0.5, 0.6) is 0 Å². The van der Waals surface area contributed by atoms with Crippen LogP contribution in [0, 0.1) is 5.82 Å². The SMILES string of the molecule is Fc1cccc2c1CCC2NC1CCCCC1. The number of fused-ring (bicyclic) bond motifs is 1. The van der Waals surface area contributed by atoms with Gasteiger partial charge in [-0.25, -0.2) is 4.39 Å². The summed E-state index contributed by atoms with van der Waals surface area (Å²) in [6.07, 6.45) is 8.62. The molecule has 92 valence electrons. The smallest absolute Gasteiger partial charge is 0.126 e. The van der Waals surface area contributed by atoms with Gasteiger partial charge in [-0.15, -0.1) is 0 Å². The van der Waals surface area contributed by atoms with E-state index in [2.05, 4.69) is 11.4 Å². The van der Waals surface area contributed by atoms with Gasteiger partial charge in [-0.05, 0) is 42.9 Å². The van der Waals surface area contributed by atoms with Gasteiger partial charge in [-0.1, -0.05) is 31.4 Å². The molecule has 1 saturated carbocycles. The van der Waals surface area contributed by atoms with Gasteiger partial charge in [0.15, 0.2) is 0 Å². The summed E-state index contributed by atoms with van der Waals surface area (Å²) in [5, 5.41) is 3.73. The molecule has 0 saturated heterocycles. The lowest BCUT2D eigenvalue weighted by Crippen LogP contribution is -2.33. The van der Waals surface area contributed by atoms with Gasteiger partial charge in [0.1, 0.15) is 5.82 Å². The van der Waals surface area contributed by atoms with Crippen LogP contribution in [0.3, 0.4) is 0 Å². The molecule has 0 aromatic heterocycles. The van der Waals surface area contributed by atoms with Crippen molar-refractivity contribution in [2.24, 2.45) is 0 Å². The summed E-state index contributed by atoms with van der Waals surface area (Å²) >= 11 is 0. The molecular weight excluding hydrogens is 213 g/mol. The van der Waals surface area contributed by atoms with E-state index in [9.17, 15) is 4.39 Å². The maximum atomic E-state index is 13.6. The van der Waals surface area contributed by atoms with E-state index in [4.69, 9.17) is 0 Å². The quantitative estimate of drug-likeness (QED) is 0.820. The fourth-order valence-electron chi connectivity index (χ4n) is 3.34. The van der Waals surface area contributed by atoms with E-state index in [0.29, 0.717) is 12.1 Å². The molecule has 1 nitrogen and oxygen atoms in total. The molecule has 17 heavy (non-hydrogen) atoms. The summed E-state index contributed by atoms with van der Waals surface area (Å²) in [6.45, 7) is 0. The van der Waals surface area contributed by atoms with Crippen molar-refractivity contribution in [1.82, 2.24) is 5.32 Å². The Hall–Kier alpha value is -0.890. The van der Waals surface area contributed by atoms with Crippen LogP contribution in [0.2, 0.25) is 0 Å². The predicted octanol–water partition coefficient (Wildman–Crippen LogP) is 3.74. The minimum atomic E-state index is -0.0181. The second-order valence-electron chi connectivity index (χ2n) is 5.40. The van der Waals surface area contributed by atoms with E-state index in [1.807, 2.05) is 6.07 Å². The average Bonchev–Trinajstić information content (AvgIpc) is 2.76. The topological polar surface area (TPSA) is 12.0 Å². The van der Waals surface area contributed by atoms with Crippen LogP contribution in [0.15, 0.2) is 18.2 Å². The minimum absolute atomic E-state index is 0.0181. The molecule has 1 unspecified atom stereocenters. The van der Waals surface area contributed by atoms with Crippen molar-refractivity contribution in [3.8, 4) is 0 Å². The zero-order valence-electron chi connectivity index (χ0n) is 10.2. The van der Waals surface area contributed by atoms with Gasteiger partial charge in [-0.2, -0.15) is 0 Å². The molecule has 0 amide bonds. The fraction of sp³-hybridized carbons (Fsp3) is 0.600. The van der Waals surface area contributed by atoms with Crippen LogP contribution in [-0.4, -0.2) is 6.04 Å². The predicted molar refractivity (Wildman–Crippen MR) is 67.5 cm³/mol. The van der Waals surface area contributed by atoms with Crippen molar-refractivity contribution in [1.29, 1.82) is 0 Å². The molecular formula is C15H20FN. The fourth-order valence-corrected chi connectivity index (χ4v) is 3.34. The monoisotopic (exact) mass is 233 g/mol. The van der Waals surface area contributed by atoms with Crippen LogP contribution in [-0.2, 0) is 6.42 Å².